The van der Waals surface area contributed by atoms with Crippen molar-refractivity contribution < 1.29 is 33.6 Å². The molecule has 0 aromatic heterocycles. The first-order chi connectivity index (χ1) is 35.4. The second-order valence-corrected chi connectivity index (χ2v) is 17.8. The number of anilines is 3. The standard InChI is InChI=1S/C45H63Cl3N20O7/c46-28-13-10-23(20-25(28)36(70)66-32(35(50)69)6-2-16-60-43(53)54)64-40(74)34(8-4-18-62-45(57)58)68-38(72)27-21-24(11-14-30(27)48)65-41(75)33(7-3-17-61-44(55)56)67-37(71)26-19-22(9-12-29(26)47)63-39(73)31(49)5-1-15-59-42(51)52/h9-14,19-21,31-34H,1-8,15-18,49H2,(H2,50,69)(H,63,73)(H,64,74)(H,65,75)(H,66,70)(H,67,71)(H,68,72)(H4,51,52,59)(H4,53,54,60)(H4,55,56,61)(H4,57,58,62)/t31-,32-,33-,34-/m1/s1. The lowest BCUT2D eigenvalue weighted by Gasteiger charge is -2.21. The Hall–Kier alpha value is -8.14. The monoisotopic (exact) mass is 1100 g/mol. The van der Waals surface area contributed by atoms with Gasteiger partial charge in [-0.15, -0.1) is 0 Å². The van der Waals surface area contributed by atoms with Crippen LogP contribution < -0.4 is 87.6 Å². The molecule has 0 fully saturated rings. The van der Waals surface area contributed by atoms with Crippen molar-refractivity contribution in [3.63, 3.8) is 0 Å². The molecule has 27 nitrogen and oxygen atoms in total. The lowest BCUT2D eigenvalue weighted by atomic mass is 10.1. The molecule has 0 unspecified atom stereocenters. The van der Waals surface area contributed by atoms with Gasteiger partial charge in [0.05, 0.1) is 37.8 Å². The number of guanidine groups is 4. The fourth-order valence-electron chi connectivity index (χ4n) is 6.82. The molecular formula is C45H63Cl3N20O7. The molecule has 75 heavy (non-hydrogen) atoms. The minimum Gasteiger partial charge on any atom is -0.370 e. The molecule has 7 amide bonds. The summed E-state index contributed by atoms with van der Waals surface area (Å²) in [5, 5.41) is 55.6. The number of halogens is 3. The zero-order chi connectivity index (χ0) is 55.8. The van der Waals surface area contributed by atoms with Crippen molar-refractivity contribution in [2.45, 2.75) is 75.5 Å². The molecule has 3 rings (SSSR count). The van der Waals surface area contributed by atoms with Gasteiger partial charge in [-0.2, -0.15) is 0 Å². The molecule has 3 aromatic carbocycles. The van der Waals surface area contributed by atoms with Gasteiger partial charge in [-0.05, 0) is 106 Å². The van der Waals surface area contributed by atoms with Crippen molar-refractivity contribution >= 4 is 117 Å². The van der Waals surface area contributed by atoms with Gasteiger partial charge in [-0.25, -0.2) is 0 Å². The maximum absolute atomic E-state index is 14.0. The summed E-state index contributed by atoms with van der Waals surface area (Å²) < 4.78 is 0. The first-order valence-corrected chi connectivity index (χ1v) is 24.2. The smallest absolute Gasteiger partial charge is 0.253 e. The van der Waals surface area contributed by atoms with E-state index in [1.807, 2.05) is 0 Å². The van der Waals surface area contributed by atoms with Gasteiger partial charge in [-0.1, -0.05) is 34.8 Å². The molecule has 0 aliphatic rings. The first-order valence-electron chi connectivity index (χ1n) is 23.1. The van der Waals surface area contributed by atoms with Crippen LogP contribution in [0, 0.1) is 21.6 Å². The van der Waals surface area contributed by atoms with Gasteiger partial charge >= 0.3 is 0 Å². The number of carbonyl (C=O) groups excluding carboxylic acids is 7. The zero-order valence-corrected chi connectivity index (χ0v) is 42.7. The molecule has 0 saturated carbocycles. The van der Waals surface area contributed by atoms with Crippen LogP contribution in [0.25, 0.3) is 0 Å². The van der Waals surface area contributed by atoms with Crippen LogP contribution in [0.4, 0.5) is 17.1 Å². The fourth-order valence-corrected chi connectivity index (χ4v) is 7.43. The lowest BCUT2D eigenvalue weighted by molar-refractivity contribution is -0.120. The molecule has 0 aliphatic carbocycles. The predicted octanol–water partition coefficient (Wildman–Crippen LogP) is 0.0236. The van der Waals surface area contributed by atoms with E-state index in [1.54, 1.807) is 0 Å². The Bertz CT molecular complexity index is 2610. The van der Waals surface area contributed by atoms with Crippen LogP contribution in [0.15, 0.2) is 54.6 Å². The Morgan fingerprint density at radius 1 is 0.427 bits per heavy atom. The Balaban J connectivity index is 1.82. The van der Waals surface area contributed by atoms with Gasteiger partial charge in [-0.3, -0.25) is 55.2 Å². The van der Waals surface area contributed by atoms with Crippen LogP contribution in [0.3, 0.4) is 0 Å². The Morgan fingerprint density at radius 2 is 0.707 bits per heavy atom. The Kier molecular flexibility index (Phi) is 25.1. The first kappa shape index (κ1) is 61.2. The molecule has 3 aromatic rings. The number of rotatable bonds is 29. The number of amides is 7. The molecule has 406 valence electrons. The number of primary amides is 1. The molecule has 0 bridgehead atoms. The molecule has 0 aliphatic heterocycles. The molecular weight excluding hydrogens is 1040 g/mol. The highest BCUT2D eigenvalue weighted by Crippen LogP contribution is 2.25. The molecule has 0 spiro atoms. The highest BCUT2D eigenvalue weighted by atomic mass is 35.5. The topological polar surface area (TPSA) is 491 Å². The largest absolute Gasteiger partial charge is 0.370 e. The van der Waals surface area contributed by atoms with Gasteiger partial charge in [0.15, 0.2) is 23.8 Å². The Morgan fingerprint density at radius 3 is 1.01 bits per heavy atom. The molecule has 0 heterocycles. The second-order valence-electron chi connectivity index (χ2n) is 16.6. The van der Waals surface area contributed by atoms with E-state index in [-0.39, 0.29) is 131 Å². The third-order valence-corrected chi connectivity index (χ3v) is 11.6. The van der Waals surface area contributed by atoms with Crippen LogP contribution in [-0.2, 0) is 19.2 Å². The van der Waals surface area contributed by atoms with E-state index in [9.17, 15) is 33.6 Å². The SMILES string of the molecule is N=C(N)NCCC[C@@H](N)C(=O)Nc1ccc(Cl)c(C(=O)N[C@H](CCCNC(=N)N)C(=O)Nc2ccc(Cl)c(C(=O)N[C@H](CCCNC(=N)N)C(=O)Nc3ccc(Cl)c(C(=O)N[C@H](CCCNC(=N)N)C(N)=O)c3)c2)c1. The number of benzene rings is 3. The number of nitrogens with two attached hydrogens (primary N) is 6. The summed E-state index contributed by atoms with van der Waals surface area (Å²) in [6.07, 6.45) is 1.54. The molecule has 0 saturated heterocycles. The van der Waals surface area contributed by atoms with Crippen molar-refractivity contribution in [3.05, 3.63) is 86.4 Å². The highest BCUT2D eigenvalue weighted by molar-refractivity contribution is 6.35. The van der Waals surface area contributed by atoms with E-state index in [4.69, 9.17) is 90.8 Å². The summed E-state index contributed by atoms with van der Waals surface area (Å²) >= 11 is 19.3. The normalized spacial score (nSPS) is 12.2. The zero-order valence-electron chi connectivity index (χ0n) is 40.4. The summed E-state index contributed by atoms with van der Waals surface area (Å²) in [6.45, 7) is 0.862. The summed E-state index contributed by atoms with van der Waals surface area (Å²) in [5.74, 6) is -6.45. The summed E-state index contributed by atoms with van der Waals surface area (Å²) in [7, 11) is 0. The number of carbonyl (C=O) groups is 7. The number of hydrogen-bond acceptors (Lipinski definition) is 12. The van der Waals surface area contributed by atoms with Crippen molar-refractivity contribution in [1.29, 1.82) is 21.6 Å². The minimum atomic E-state index is -1.28. The fraction of sp³-hybridized carbons (Fsp3) is 0.356. The van der Waals surface area contributed by atoms with E-state index in [0.717, 1.165) is 0 Å². The summed E-state index contributed by atoms with van der Waals surface area (Å²) in [4.78, 5) is 93.8. The highest BCUT2D eigenvalue weighted by Gasteiger charge is 2.27. The lowest BCUT2D eigenvalue weighted by Crippen LogP contribution is -2.45. The van der Waals surface area contributed by atoms with Gasteiger partial charge in [0.25, 0.3) is 17.7 Å². The van der Waals surface area contributed by atoms with Gasteiger partial charge in [0.2, 0.25) is 23.6 Å². The number of hydrogen-bond donors (Lipinski definition) is 20. The van der Waals surface area contributed by atoms with Crippen molar-refractivity contribution in [1.82, 2.24) is 37.2 Å². The third kappa shape index (κ3) is 21.9. The predicted molar refractivity (Wildman–Crippen MR) is 288 cm³/mol. The molecule has 30 heteroatoms. The average molecular weight is 1100 g/mol. The summed E-state index contributed by atoms with van der Waals surface area (Å²) in [5.41, 5.74) is 32.9. The Labute approximate surface area is 446 Å². The van der Waals surface area contributed by atoms with Crippen molar-refractivity contribution in [2.75, 3.05) is 42.1 Å². The summed E-state index contributed by atoms with van der Waals surface area (Å²) in [6, 6.07) is 7.49. The van der Waals surface area contributed by atoms with Crippen molar-refractivity contribution in [3.8, 4) is 0 Å². The molecule has 4 atom stereocenters. The molecule has 26 N–H and O–H groups in total. The quantitative estimate of drug-likeness (QED) is 0.0248. The second kappa shape index (κ2) is 30.8. The average Bonchev–Trinajstić information content (AvgIpc) is 3.34. The van der Waals surface area contributed by atoms with Crippen molar-refractivity contribution in [2.24, 2.45) is 34.4 Å². The van der Waals surface area contributed by atoms with Crippen LogP contribution in [0.1, 0.15) is 82.4 Å². The van der Waals surface area contributed by atoms with Crippen LogP contribution in [-0.4, -0.2) is 116 Å². The maximum Gasteiger partial charge on any atom is 0.253 e. The van der Waals surface area contributed by atoms with E-state index in [0.29, 0.717) is 19.4 Å². The maximum atomic E-state index is 14.0. The van der Waals surface area contributed by atoms with Gasteiger partial charge in [0.1, 0.15) is 18.1 Å². The number of nitrogens with one attached hydrogen (secondary N) is 14. The van der Waals surface area contributed by atoms with E-state index < -0.39 is 65.5 Å². The third-order valence-electron chi connectivity index (χ3n) is 10.6. The minimum absolute atomic E-state index is 0.00419. The molecule has 0 radical (unpaired) electrons. The van der Waals surface area contributed by atoms with Crippen LogP contribution in [0.5, 0.6) is 0 Å². The van der Waals surface area contributed by atoms with Gasteiger partial charge in [0, 0.05) is 43.2 Å². The van der Waals surface area contributed by atoms with Gasteiger partial charge < -0.3 is 87.6 Å². The van der Waals surface area contributed by atoms with E-state index in [1.165, 1.54) is 54.6 Å². The van der Waals surface area contributed by atoms with E-state index >= 15 is 0 Å². The van der Waals surface area contributed by atoms with E-state index in [2.05, 4.69) is 53.2 Å². The van der Waals surface area contributed by atoms with Crippen LogP contribution >= 0.6 is 34.8 Å². The van der Waals surface area contributed by atoms with Crippen LogP contribution in [0.2, 0.25) is 15.1 Å².